The smallest absolute Gasteiger partial charge is 0.0799 e. The zero-order valence-corrected chi connectivity index (χ0v) is 8.03. The van der Waals surface area contributed by atoms with E-state index < -0.39 is 0 Å². The van der Waals surface area contributed by atoms with E-state index in [9.17, 15) is 10.2 Å². The third-order valence-electron chi connectivity index (χ3n) is 3.51. The average Bonchev–Trinajstić information content (AvgIpc) is 2.72. The lowest BCUT2D eigenvalue weighted by Gasteiger charge is -2.13. The normalized spacial score (nSPS) is 29.0. The van der Waals surface area contributed by atoms with E-state index in [1.807, 2.05) is 0 Å². The molecule has 0 aliphatic heterocycles. The molecule has 0 fully saturated rings. The summed E-state index contributed by atoms with van der Waals surface area (Å²) in [6.45, 7) is 0. The van der Waals surface area contributed by atoms with Crippen molar-refractivity contribution in [1.29, 1.82) is 0 Å². The lowest BCUT2D eigenvalue weighted by Crippen LogP contribution is -2.01. The van der Waals surface area contributed by atoms with Gasteiger partial charge in [-0.25, -0.2) is 0 Å². The van der Waals surface area contributed by atoms with Crippen LogP contribution < -0.4 is 0 Å². The zero-order chi connectivity index (χ0) is 9.71. The number of hydrogen-bond donors (Lipinski definition) is 2. The van der Waals surface area contributed by atoms with Gasteiger partial charge in [0, 0.05) is 0 Å². The number of aryl methyl sites for hydroxylation is 2. The summed E-state index contributed by atoms with van der Waals surface area (Å²) in [4.78, 5) is 0. The van der Waals surface area contributed by atoms with Crippen LogP contribution in [0.1, 0.15) is 47.3 Å². The second-order valence-corrected chi connectivity index (χ2v) is 4.32. The fraction of sp³-hybridized carbons (Fsp3) is 0.500. The van der Waals surface area contributed by atoms with Crippen LogP contribution in [0, 0.1) is 0 Å². The second-order valence-electron chi connectivity index (χ2n) is 4.32. The Hall–Kier alpha value is -0.860. The summed E-state index contributed by atoms with van der Waals surface area (Å²) in [5.74, 6) is 0. The van der Waals surface area contributed by atoms with Crippen molar-refractivity contribution in [3.8, 4) is 0 Å². The Morgan fingerprint density at radius 3 is 1.71 bits per heavy atom. The van der Waals surface area contributed by atoms with Crippen molar-refractivity contribution >= 4 is 0 Å². The lowest BCUT2D eigenvalue weighted by atomic mass is 9.97. The quantitative estimate of drug-likeness (QED) is 0.653. The first-order valence-electron chi connectivity index (χ1n) is 5.28. The maximum Gasteiger partial charge on any atom is 0.0799 e. The first-order chi connectivity index (χ1) is 6.77. The van der Waals surface area contributed by atoms with Gasteiger partial charge in [0.1, 0.15) is 0 Å². The number of rotatable bonds is 0. The van der Waals surface area contributed by atoms with Crippen molar-refractivity contribution in [3.05, 3.63) is 34.4 Å². The monoisotopic (exact) mass is 190 g/mol. The van der Waals surface area contributed by atoms with Crippen LogP contribution in [-0.4, -0.2) is 10.2 Å². The minimum Gasteiger partial charge on any atom is -0.388 e. The van der Waals surface area contributed by atoms with Gasteiger partial charge in [-0.3, -0.25) is 0 Å². The summed E-state index contributed by atoms with van der Waals surface area (Å²) in [7, 11) is 0. The molecule has 0 saturated carbocycles. The molecule has 0 amide bonds. The number of fused-ring (bicyclic) bond motifs is 3. The molecular formula is C12H14O2. The Labute approximate surface area is 83.2 Å². The van der Waals surface area contributed by atoms with E-state index >= 15 is 0 Å². The maximum absolute atomic E-state index is 9.85. The Kier molecular flexibility index (Phi) is 1.70. The SMILES string of the molecule is O[C@H]1CCc2ccc3c(c21)[C@@H](O)CC3. The van der Waals surface area contributed by atoms with Crippen molar-refractivity contribution in [2.45, 2.75) is 37.9 Å². The van der Waals surface area contributed by atoms with Gasteiger partial charge in [0.25, 0.3) is 0 Å². The van der Waals surface area contributed by atoms with Gasteiger partial charge in [0.2, 0.25) is 0 Å². The largest absolute Gasteiger partial charge is 0.388 e. The lowest BCUT2D eigenvalue weighted by molar-refractivity contribution is 0.159. The van der Waals surface area contributed by atoms with Gasteiger partial charge in [-0.05, 0) is 47.9 Å². The van der Waals surface area contributed by atoms with Gasteiger partial charge in [-0.1, -0.05) is 12.1 Å². The molecule has 0 bridgehead atoms. The third-order valence-corrected chi connectivity index (χ3v) is 3.51. The number of aliphatic hydroxyl groups is 2. The van der Waals surface area contributed by atoms with Gasteiger partial charge in [0.05, 0.1) is 12.2 Å². The van der Waals surface area contributed by atoms with E-state index in [-0.39, 0.29) is 12.2 Å². The van der Waals surface area contributed by atoms with Gasteiger partial charge >= 0.3 is 0 Å². The first kappa shape index (κ1) is 8.45. The summed E-state index contributed by atoms with van der Waals surface area (Å²) in [6, 6.07) is 4.23. The van der Waals surface area contributed by atoms with Crippen molar-refractivity contribution < 1.29 is 10.2 Å². The highest BCUT2D eigenvalue weighted by molar-refractivity contribution is 5.48. The van der Waals surface area contributed by atoms with Crippen LogP contribution in [0.15, 0.2) is 12.1 Å². The predicted molar refractivity (Wildman–Crippen MR) is 53.0 cm³/mol. The molecule has 0 saturated heterocycles. The summed E-state index contributed by atoms with van der Waals surface area (Å²) >= 11 is 0. The van der Waals surface area contributed by atoms with Gasteiger partial charge in [-0.2, -0.15) is 0 Å². The Morgan fingerprint density at radius 2 is 1.29 bits per heavy atom. The fourth-order valence-electron chi connectivity index (χ4n) is 2.82. The molecule has 0 radical (unpaired) electrons. The van der Waals surface area contributed by atoms with E-state index in [0.29, 0.717) is 0 Å². The molecule has 1 aromatic carbocycles. The van der Waals surface area contributed by atoms with E-state index in [2.05, 4.69) is 12.1 Å². The van der Waals surface area contributed by atoms with Crippen molar-refractivity contribution in [2.75, 3.05) is 0 Å². The predicted octanol–water partition coefficient (Wildman–Crippen LogP) is 1.65. The number of benzene rings is 1. The third kappa shape index (κ3) is 0.983. The zero-order valence-electron chi connectivity index (χ0n) is 8.03. The molecule has 2 heteroatoms. The molecule has 14 heavy (non-hydrogen) atoms. The maximum atomic E-state index is 9.85. The first-order valence-corrected chi connectivity index (χ1v) is 5.28. The molecular weight excluding hydrogens is 176 g/mol. The molecule has 0 aromatic heterocycles. The Bertz CT molecular complexity index is 347. The van der Waals surface area contributed by atoms with Crippen LogP contribution in [0.3, 0.4) is 0 Å². The molecule has 2 nitrogen and oxygen atoms in total. The van der Waals surface area contributed by atoms with Crippen LogP contribution in [-0.2, 0) is 12.8 Å². The van der Waals surface area contributed by atoms with Gasteiger partial charge < -0.3 is 10.2 Å². The van der Waals surface area contributed by atoms with Crippen LogP contribution in [0.5, 0.6) is 0 Å². The fourth-order valence-corrected chi connectivity index (χ4v) is 2.82. The molecule has 0 heterocycles. The molecule has 74 valence electrons. The van der Waals surface area contributed by atoms with E-state index in [1.165, 1.54) is 11.1 Å². The molecule has 2 aliphatic rings. The molecule has 2 aliphatic carbocycles. The van der Waals surface area contributed by atoms with Crippen LogP contribution in [0.2, 0.25) is 0 Å². The highest BCUT2D eigenvalue weighted by atomic mass is 16.3. The van der Waals surface area contributed by atoms with Crippen LogP contribution in [0.4, 0.5) is 0 Å². The topological polar surface area (TPSA) is 40.5 Å². The molecule has 1 aromatic rings. The van der Waals surface area contributed by atoms with Crippen molar-refractivity contribution in [1.82, 2.24) is 0 Å². The van der Waals surface area contributed by atoms with E-state index in [0.717, 1.165) is 36.8 Å². The van der Waals surface area contributed by atoms with Gasteiger partial charge in [-0.15, -0.1) is 0 Å². The molecule has 2 N–H and O–H groups in total. The van der Waals surface area contributed by atoms with E-state index in [1.54, 1.807) is 0 Å². The minimum atomic E-state index is -0.340. The highest BCUT2D eigenvalue weighted by Gasteiger charge is 2.31. The molecule has 2 atom stereocenters. The van der Waals surface area contributed by atoms with Crippen molar-refractivity contribution in [2.24, 2.45) is 0 Å². The molecule has 0 spiro atoms. The summed E-state index contributed by atoms with van der Waals surface area (Å²) in [5.41, 5.74) is 4.54. The second kappa shape index (κ2) is 2.81. The minimum absolute atomic E-state index is 0.340. The average molecular weight is 190 g/mol. The number of hydrogen-bond acceptors (Lipinski definition) is 2. The van der Waals surface area contributed by atoms with Gasteiger partial charge in [0.15, 0.2) is 0 Å². The summed E-state index contributed by atoms with van der Waals surface area (Å²) in [6.07, 6.45) is 2.87. The summed E-state index contributed by atoms with van der Waals surface area (Å²) in [5, 5.41) is 19.7. The number of aliphatic hydroxyl groups excluding tert-OH is 2. The van der Waals surface area contributed by atoms with Crippen LogP contribution in [0.25, 0.3) is 0 Å². The highest BCUT2D eigenvalue weighted by Crippen LogP contribution is 2.42. The van der Waals surface area contributed by atoms with E-state index in [4.69, 9.17) is 0 Å². The van der Waals surface area contributed by atoms with Crippen molar-refractivity contribution in [3.63, 3.8) is 0 Å². The Balaban J connectivity index is 2.24. The molecule has 3 rings (SSSR count). The standard InChI is InChI=1S/C12H14O2/c13-9-5-3-7-1-2-8-4-6-10(14)12(8)11(7)9/h1-2,9-10,13-14H,3-6H2/t9-,10-/m0/s1. The molecule has 0 unspecified atom stereocenters. The summed E-state index contributed by atoms with van der Waals surface area (Å²) < 4.78 is 0. The Morgan fingerprint density at radius 1 is 0.857 bits per heavy atom. The van der Waals surface area contributed by atoms with Crippen LogP contribution >= 0.6 is 0 Å².